The van der Waals surface area contributed by atoms with Gasteiger partial charge in [0.15, 0.2) is 0 Å². The maximum absolute atomic E-state index is 10.9. The van der Waals surface area contributed by atoms with Gasteiger partial charge < -0.3 is 10.2 Å². The van der Waals surface area contributed by atoms with Crippen molar-refractivity contribution in [3.8, 4) is 0 Å². The Morgan fingerprint density at radius 1 is 1.24 bits per heavy atom. The van der Waals surface area contributed by atoms with Crippen molar-refractivity contribution >= 4 is 23.8 Å². The van der Waals surface area contributed by atoms with Crippen LogP contribution in [-0.4, -0.2) is 28.4 Å². The predicted molar refractivity (Wildman–Crippen MR) is 63.3 cm³/mol. The van der Waals surface area contributed by atoms with Crippen molar-refractivity contribution in [2.45, 2.75) is 6.92 Å². The molecule has 0 unspecified atom stereocenters. The molecule has 0 aliphatic carbocycles. The smallest absolute Gasteiger partial charge is 0.337 e. The van der Waals surface area contributed by atoms with Crippen molar-refractivity contribution < 1.29 is 19.8 Å². The van der Waals surface area contributed by atoms with Gasteiger partial charge in [-0.3, -0.25) is 4.99 Å². The minimum Gasteiger partial charge on any atom is -0.478 e. The summed E-state index contributed by atoms with van der Waals surface area (Å²) >= 11 is 0. The van der Waals surface area contributed by atoms with Crippen LogP contribution in [0, 0.1) is 0 Å². The van der Waals surface area contributed by atoms with E-state index in [-0.39, 0.29) is 16.8 Å². The zero-order chi connectivity index (χ0) is 12.8. The summed E-state index contributed by atoms with van der Waals surface area (Å²) in [4.78, 5) is 25.6. The number of rotatable bonds is 4. The molecule has 1 aromatic rings. The van der Waals surface area contributed by atoms with Gasteiger partial charge in [-0.05, 0) is 31.2 Å². The molecule has 1 rings (SSSR count). The van der Waals surface area contributed by atoms with Gasteiger partial charge in [0.1, 0.15) is 0 Å². The number of hydrogen-bond donors (Lipinski definition) is 2. The molecule has 0 aromatic heterocycles. The predicted octanol–water partition coefficient (Wildman–Crippen LogP) is 2.36. The molecule has 5 heteroatoms. The summed E-state index contributed by atoms with van der Waals surface area (Å²) in [5, 5.41) is 17.7. The Balaban J connectivity index is 3.25. The summed E-state index contributed by atoms with van der Waals surface area (Å²) in [6.07, 6.45) is 4.76. The largest absolute Gasteiger partial charge is 0.478 e. The topological polar surface area (TPSA) is 87.0 Å². The number of allylic oxidation sites excluding steroid dienone is 2. The first-order valence-corrected chi connectivity index (χ1v) is 4.82. The maximum atomic E-state index is 10.9. The van der Waals surface area contributed by atoms with Gasteiger partial charge in [-0.1, -0.05) is 6.08 Å². The lowest BCUT2D eigenvalue weighted by atomic mass is 10.1. The first-order chi connectivity index (χ1) is 8.06. The van der Waals surface area contributed by atoms with Gasteiger partial charge in [0, 0.05) is 6.21 Å². The fraction of sp³-hybridized carbons (Fsp3) is 0.0833. The highest BCUT2D eigenvalue weighted by Crippen LogP contribution is 2.21. The Labute approximate surface area is 97.7 Å². The number of aliphatic imine (C=N–C) groups is 1. The zero-order valence-electron chi connectivity index (χ0n) is 9.12. The van der Waals surface area contributed by atoms with Crippen LogP contribution >= 0.6 is 0 Å². The minimum absolute atomic E-state index is 0.00243. The van der Waals surface area contributed by atoms with Crippen molar-refractivity contribution in [2.75, 3.05) is 0 Å². The molecule has 5 nitrogen and oxygen atoms in total. The quantitative estimate of drug-likeness (QED) is 0.781. The van der Waals surface area contributed by atoms with Gasteiger partial charge in [-0.25, -0.2) is 9.59 Å². The van der Waals surface area contributed by atoms with Crippen molar-refractivity contribution in [3.63, 3.8) is 0 Å². The van der Waals surface area contributed by atoms with E-state index in [0.29, 0.717) is 0 Å². The Hall–Kier alpha value is -2.43. The number of carboxylic acids is 2. The molecule has 0 bridgehead atoms. The third-order valence-corrected chi connectivity index (χ3v) is 1.97. The molecule has 2 N–H and O–H groups in total. The Morgan fingerprint density at radius 2 is 1.94 bits per heavy atom. The first kappa shape index (κ1) is 12.6. The van der Waals surface area contributed by atoms with E-state index in [1.54, 1.807) is 19.1 Å². The molecule has 17 heavy (non-hydrogen) atoms. The third kappa shape index (κ3) is 3.27. The van der Waals surface area contributed by atoms with E-state index in [0.717, 1.165) is 0 Å². The van der Waals surface area contributed by atoms with E-state index in [1.165, 1.54) is 24.4 Å². The number of nitrogens with zero attached hydrogens (tertiary/aromatic N) is 1. The third-order valence-electron chi connectivity index (χ3n) is 1.97. The van der Waals surface area contributed by atoms with Crippen molar-refractivity contribution in [3.05, 3.63) is 41.5 Å². The summed E-state index contributed by atoms with van der Waals surface area (Å²) in [5.41, 5.74) is 0.0916. The molecule has 0 saturated carbocycles. The highest BCUT2D eigenvalue weighted by Gasteiger charge is 2.12. The number of carboxylic acid groups (broad SMARTS) is 2. The van der Waals surface area contributed by atoms with E-state index < -0.39 is 11.9 Å². The van der Waals surface area contributed by atoms with Gasteiger partial charge in [0.05, 0.1) is 16.8 Å². The van der Waals surface area contributed by atoms with Gasteiger partial charge >= 0.3 is 11.9 Å². The van der Waals surface area contributed by atoms with Crippen LogP contribution in [0.15, 0.2) is 35.3 Å². The van der Waals surface area contributed by atoms with E-state index in [1.807, 2.05) is 0 Å². The molecule has 0 aliphatic rings. The Morgan fingerprint density at radius 3 is 2.47 bits per heavy atom. The molecule has 1 aromatic carbocycles. The number of hydrogen-bond acceptors (Lipinski definition) is 3. The fourth-order valence-electron chi connectivity index (χ4n) is 1.16. The van der Waals surface area contributed by atoms with Crippen LogP contribution in [0.4, 0.5) is 5.69 Å². The second-order valence-electron chi connectivity index (χ2n) is 3.15. The van der Waals surface area contributed by atoms with Gasteiger partial charge in [-0.2, -0.15) is 0 Å². The van der Waals surface area contributed by atoms with Crippen LogP contribution in [0.5, 0.6) is 0 Å². The molecule has 0 aliphatic heterocycles. The van der Waals surface area contributed by atoms with E-state index >= 15 is 0 Å². The first-order valence-electron chi connectivity index (χ1n) is 4.82. The van der Waals surface area contributed by atoms with Crippen molar-refractivity contribution in [2.24, 2.45) is 4.99 Å². The summed E-state index contributed by atoms with van der Waals surface area (Å²) in [5.74, 6) is -2.26. The average Bonchev–Trinajstić information content (AvgIpc) is 2.28. The van der Waals surface area contributed by atoms with E-state index in [9.17, 15) is 9.59 Å². The molecule has 0 radical (unpaired) electrons. The zero-order valence-corrected chi connectivity index (χ0v) is 9.12. The molecule has 0 saturated heterocycles. The van der Waals surface area contributed by atoms with Gasteiger partial charge in [0.2, 0.25) is 0 Å². The summed E-state index contributed by atoms with van der Waals surface area (Å²) in [6.45, 7) is 1.79. The lowest BCUT2D eigenvalue weighted by Crippen LogP contribution is -2.01. The summed E-state index contributed by atoms with van der Waals surface area (Å²) in [6, 6.07) is 3.69. The second kappa shape index (κ2) is 5.60. The van der Waals surface area contributed by atoms with Crippen LogP contribution in [0.25, 0.3) is 0 Å². The summed E-state index contributed by atoms with van der Waals surface area (Å²) < 4.78 is 0. The summed E-state index contributed by atoms with van der Waals surface area (Å²) in [7, 11) is 0. The number of aromatic carboxylic acids is 2. The van der Waals surface area contributed by atoms with E-state index in [2.05, 4.69) is 4.99 Å². The van der Waals surface area contributed by atoms with Crippen molar-refractivity contribution in [1.29, 1.82) is 0 Å². The normalized spacial score (nSPS) is 11.1. The molecule has 0 spiro atoms. The van der Waals surface area contributed by atoms with Crippen LogP contribution in [0.2, 0.25) is 0 Å². The number of benzene rings is 1. The second-order valence-corrected chi connectivity index (χ2v) is 3.15. The standard InChI is InChI=1S/C12H11NO4/c1-2-3-6-13-10-7-8(11(14)15)4-5-9(10)12(16)17/h2-7H,1H3,(H,14,15)(H,16,17)/b3-2-,13-6+. The monoisotopic (exact) mass is 233 g/mol. The highest BCUT2D eigenvalue weighted by molar-refractivity contribution is 5.97. The molecule has 0 fully saturated rings. The SMILES string of the molecule is C/C=C\C=N\c1cc(C(=O)O)ccc1C(=O)O. The molecule has 88 valence electrons. The van der Waals surface area contributed by atoms with E-state index in [4.69, 9.17) is 10.2 Å². The lowest BCUT2D eigenvalue weighted by Gasteiger charge is -2.01. The van der Waals surface area contributed by atoms with Crippen molar-refractivity contribution in [1.82, 2.24) is 0 Å². The Bertz CT molecular complexity index is 503. The van der Waals surface area contributed by atoms with Gasteiger partial charge in [0.25, 0.3) is 0 Å². The molecule has 0 amide bonds. The highest BCUT2D eigenvalue weighted by atomic mass is 16.4. The molecular formula is C12H11NO4. The van der Waals surface area contributed by atoms with Crippen LogP contribution < -0.4 is 0 Å². The van der Waals surface area contributed by atoms with Crippen LogP contribution in [0.1, 0.15) is 27.6 Å². The van der Waals surface area contributed by atoms with Crippen LogP contribution in [0.3, 0.4) is 0 Å². The fourth-order valence-corrected chi connectivity index (χ4v) is 1.16. The Kier molecular flexibility index (Phi) is 4.16. The average molecular weight is 233 g/mol. The molecular weight excluding hydrogens is 222 g/mol. The van der Waals surface area contributed by atoms with Crippen LogP contribution in [-0.2, 0) is 0 Å². The number of carbonyl (C=O) groups is 2. The lowest BCUT2D eigenvalue weighted by molar-refractivity contribution is 0.0682. The minimum atomic E-state index is -1.14. The molecule has 0 heterocycles. The molecule has 0 atom stereocenters. The van der Waals surface area contributed by atoms with Gasteiger partial charge in [-0.15, -0.1) is 0 Å². The maximum Gasteiger partial charge on any atom is 0.337 e.